The minimum absolute atomic E-state index is 0.101. The SMILES string of the molecule is CC(C)(C)NC(=O)O[C@@H]1CC[C@H](NC(=O)OCc2ccccc2)[C@H](Cn2ccccc2=O)C1. The lowest BCUT2D eigenvalue weighted by molar-refractivity contribution is 0.0389. The van der Waals surface area contributed by atoms with Gasteiger partial charge in [-0.3, -0.25) is 4.79 Å². The van der Waals surface area contributed by atoms with Gasteiger partial charge in [0.1, 0.15) is 12.7 Å². The van der Waals surface area contributed by atoms with Gasteiger partial charge in [-0.15, -0.1) is 0 Å². The van der Waals surface area contributed by atoms with Gasteiger partial charge in [0.05, 0.1) is 0 Å². The van der Waals surface area contributed by atoms with Gasteiger partial charge in [-0.05, 0) is 51.7 Å². The Morgan fingerprint density at radius 2 is 1.76 bits per heavy atom. The maximum Gasteiger partial charge on any atom is 0.407 e. The van der Waals surface area contributed by atoms with Crippen molar-refractivity contribution in [1.82, 2.24) is 15.2 Å². The second-order valence-corrected chi connectivity index (χ2v) is 9.48. The molecule has 33 heavy (non-hydrogen) atoms. The molecule has 1 fully saturated rings. The van der Waals surface area contributed by atoms with Crippen LogP contribution < -0.4 is 16.2 Å². The van der Waals surface area contributed by atoms with Crippen molar-refractivity contribution >= 4 is 12.2 Å². The summed E-state index contributed by atoms with van der Waals surface area (Å²) in [5.41, 5.74) is 0.396. The molecule has 1 aliphatic rings. The Kier molecular flexibility index (Phi) is 8.14. The van der Waals surface area contributed by atoms with Crippen molar-refractivity contribution in [3.05, 3.63) is 70.6 Å². The minimum Gasteiger partial charge on any atom is -0.446 e. The first-order valence-electron chi connectivity index (χ1n) is 11.3. The Morgan fingerprint density at radius 3 is 2.45 bits per heavy atom. The summed E-state index contributed by atoms with van der Waals surface area (Å²) in [4.78, 5) is 37.0. The van der Waals surface area contributed by atoms with Crippen LogP contribution in [-0.4, -0.2) is 34.4 Å². The highest BCUT2D eigenvalue weighted by molar-refractivity contribution is 5.68. The number of alkyl carbamates (subject to hydrolysis) is 2. The van der Waals surface area contributed by atoms with Crippen molar-refractivity contribution in [2.24, 2.45) is 5.92 Å². The predicted molar refractivity (Wildman–Crippen MR) is 125 cm³/mol. The van der Waals surface area contributed by atoms with E-state index in [4.69, 9.17) is 9.47 Å². The fraction of sp³-hybridized carbons (Fsp3) is 0.480. The zero-order chi connectivity index (χ0) is 23.8. The lowest BCUT2D eigenvalue weighted by Crippen LogP contribution is -2.49. The number of carbonyl (C=O) groups excluding carboxylic acids is 2. The van der Waals surface area contributed by atoms with E-state index in [1.54, 1.807) is 22.9 Å². The van der Waals surface area contributed by atoms with Gasteiger partial charge in [0.15, 0.2) is 0 Å². The number of benzene rings is 1. The molecule has 178 valence electrons. The summed E-state index contributed by atoms with van der Waals surface area (Å²) >= 11 is 0. The van der Waals surface area contributed by atoms with E-state index in [2.05, 4.69) is 10.6 Å². The first-order chi connectivity index (χ1) is 15.7. The van der Waals surface area contributed by atoms with Gasteiger partial charge in [0.2, 0.25) is 0 Å². The lowest BCUT2D eigenvalue weighted by atomic mass is 9.82. The number of rotatable bonds is 6. The second-order valence-electron chi connectivity index (χ2n) is 9.48. The zero-order valence-corrected chi connectivity index (χ0v) is 19.5. The van der Waals surface area contributed by atoms with Gasteiger partial charge in [-0.25, -0.2) is 9.59 Å². The molecule has 2 amide bonds. The van der Waals surface area contributed by atoms with Crippen molar-refractivity contribution in [2.75, 3.05) is 0 Å². The molecule has 1 aromatic carbocycles. The summed E-state index contributed by atoms with van der Waals surface area (Å²) in [7, 11) is 0. The van der Waals surface area contributed by atoms with Crippen molar-refractivity contribution in [2.45, 2.75) is 70.9 Å². The van der Waals surface area contributed by atoms with E-state index in [9.17, 15) is 14.4 Å². The Hall–Kier alpha value is -3.29. The van der Waals surface area contributed by atoms with E-state index in [0.717, 1.165) is 5.56 Å². The zero-order valence-electron chi connectivity index (χ0n) is 19.5. The molecular formula is C25H33N3O5. The first kappa shape index (κ1) is 24.4. The first-order valence-corrected chi connectivity index (χ1v) is 11.3. The summed E-state index contributed by atoms with van der Waals surface area (Å²) in [6.07, 6.45) is 2.22. The van der Waals surface area contributed by atoms with Crippen molar-refractivity contribution in [1.29, 1.82) is 0 Å². The maximum absolute atomic E-state index is 12.5. The third kappa shape index (κ3) is 7.97. The lowest BCUT2D eigenvalue weighted by Gasteiger charge is -2.36. The van der Waals surface area contributed by atoms with E-state index in [1.807, 2.05) is 51.1 Å². The van der Waals surface area contributed by atoms with Gasteiger partial charge in [-0.2, -0.15) is 0 Å². The average molecular weight is 456 g/mol. The Bertz CT molecular complexity index is 983. The molecule has 0 radical (unpaired) electrons. The van der Waals surface area contributed by atoms with E-state index < -0.39 is 17.7 Å². The van der Waals surface area contributed by atoms with Crippen molar-refractivity contribution in [3.63, 3.8) is 0 Å². The topological polar surface area (TPSA) is 98.7 Å². The number of pyridine rings is 1. The Morgan fingerprint density at radius 1 is 1.03 bits per heavy atom. The van der Waals surface area contributed by atoms with Gasteiger partial charge in [0.25, 0.3) is 5.56 Å². The Balaban J connectivity index is 1.64. The van der Waals surface area contributed by atoms with Crippen LogP contribution in [0.5, 0.6) is 0 Å². The number of nitrogens with zero attached hydrogens (tertiary/aromatic N) is 1. The molecule has 0 unspecified atom stereocenters. The predicted octanol–water partition coefficient (Wildman–Crippen LogP) is 3.84. The molecule has 1 aromatic heterocycles. The molecular weight excluding hydrogens is 422 g/mol. The fourth-order valence-corrected chi connectivity index (χ4v) is 3.99. The molecule has 8 heteroatoms. The molecule has 0 bridgehead atoms. The van der Waals surface area contributed by atoms with Crippen LogP contribution in [0.4, 0.5) is 9.59 Å². The van der Waals surface area contributed by atoms with Gasteiger partial charge in [-0.1, -0.05) is 36.4 Å². The molecule has 0 saturated heterocycles. The monoisotopic (exact) mass is 455 g/mol. The molecule has 1 heterocycles. The number of hydrogen-bond donors (Lipinski definition) is 2. The van der Waals surface area contributed by atoms with Crippen LogP contribution >= 0.6 is 0 Å². The van der Waals surface area contributed by atoms with E-state index in [-0.39, 0.29) is 30.2 Å². The smallest absolute Gasteiger partial charge is 0.407 e. The standard InChI is InChI=1S/C25H33N3O5/c1-25(2,3)27-24(31)33-20-12-13-21(19(15-20)16-28-14-8-7-11-22(28)29)26-23(30)32-17-18-9-5-4-6-10-18/h4-11,14,19-21H,12-13,15-17H2,1-3H3,(H,26,30)(H,27,31)/t19-,20+,21-/m0/s1. The third-order valence-corrected chi connectivity index (χ3v) is 5.53. The highest BCUT2D eigenvalue weighted by Gasteiger charge is 2.34. The number of hydrogen-bond acceptors (Lipinski definition) is 5. The van der Waals surface area contributed by atoms with Gasteiger partial charge in [0, 0.05) is 36.3 Å². The number of ether oxygens (including phenoxy) is 2. The summed E-state index contributed by atoms with van der Waals surface area (Å²) in [6.45, 7) is 6.26. The molecule has 1 saturated carbocycles. The van der Waals surface area contributed by atoms with E-state index >= 15 is 0 Å². The van der Waals surface area contributed by atoms with Gasteiger partial charge < -0.3 is 24.7 Å². The highest BCUT2D eigenvalue weighted by Crippen LogP contribution is 2.28. The maximum atomic E-state index is 12.5. The normalized spacial score (nSPS) is 20.5. The Labute approximate surface area is 194 Å². The summed E-state index contributed by atoms with van der Waals surface area (Å²) in [5, 5.41) is 5.77. The van der Waals surface area contributed by atoms with Crippen molar-refractivity contribution < 1.29 is 19.1 Å². The largest absolute Gasteiger partial charge is 0.446 e. The number of amides is 2. The minimum atomic E-state index is -0.501. The van der Waals surface area contributed by atoms with Crippen LogP contribution in [0.1, 0.15) is 45.6 Å². The molecule has 3 atom stereocenters. The molecule has 0 aliphatic heterocycles. The van der Waals surface area contributed by atoms with E-state index in [1.165, 1.54) is 6.07 Å². The van der Waals surface area contributed by atoms with Crippen LogP contribution in [0.25, 0.3) is 0 Å². The average Bonchev–Trinajstić information content (AvgIpc) is 2.75. The molecule has 2 aromatic rings. The molecule has 0 spiro atoms. The third-order valence-electron chi connectivity index (χ3n) is 5.53. The molecule has 1 aliphatic carbocycles. The molecule has 3 rings (SSSR count). The summed E-state index contributed by atoms with van der Waals surface area (Å²) in [5.74, 6) is -0.101. The van der Waals surface area contributed by atoms with Crippen LogP contribution in [0.15, 0.2) is 59.5 Å². The number of carbonyl (C=O) groups is 2. The molecule has 8 nitrogen and oxygen atoms in total. The number of aromatic nitrogens is 1. The van der Waals surface area contributed by atoms with Gasteiger partial charge >= 0.3 is 12.2 Å². The van der Waals surface area contributed by atoms with E-state index in [0.29, 0.717) is 25.8 Å². The van der Waals surface area contributed by atoms with Crippen LogP contribution in [0.3, 0.4) is 0 Å². The van der Waals surface area contributed by atoms with Crippen LogP contribution in [0, 0.1) is 5.92 Å². The summed E-state index contributed by atoms with van der Waals surface area (Å²) < 4.78 is 12.6. The van der Waals surface area contributed by atoms with Crippen LogP contribution in [0.2, 0.25) is 0 Å². The fourth-order valence-electron chi connectivity index (χ4n) is 3.99. The van der Waals surface area contributed by atoms with Crippen molar-refractivity contribution in [3.8, 4) is 0 Å². The molecule has 2 N–H and O–H groups in total. The van der Waals surface area contributed by atoms with Crippen LogP contribution in [-0.2, 0) is 22.6 Å². The quantitative estimate of drug-likeness (QED) is 0.690. The summed E-state index contributed by atoms with van der Waals surface area (Å²) in [6, 6.07) is 14.3. The number of nitrogens with one attached hydrogen (secondary N) is 2. The second kappa shape index (κ2) is 11.0. The highest BCUT2D eigenvalue weighted by atomic mass is 16.6.